The van der Waals surface area contributed by atoms with E-state index in [4.69, 9.17) is 0 Å². The molecular weight excluding hydrogens is 252 g/mol. The fraction of sp³-hybridized carbons (Fsp3) is 0.143. The van der Waals surface area contributed by atoms with E-state index in [2.05, 4.69) is 75.9 Å². The lowest BCUT2D eigenvalue weighted by Crippen LogP contribution is -1.90. The molecule has 0 amide bonds. The van der Waals surface area contributed by atoms with Gasteiger partial charge < -0.3 is 0 Å². The largest absolute Gasteiger partial charge is 0.0911 e. The molecule has 2 aromatic carbocycles. The molecule has 0 N–H and O–H groups in total. The summed E-state index contributed by atoms with van der Waals surface area (Å²) in [7, 11) is 0. The van der Waals surface area contributed by atoms with Crippen LogP contribution in [0.3, 0.4) is 0 Å². The standard InChI is InChI=1S/C21H22/c1-5-10-20-16(2)11-9-14-21(20)18(4)15-17(3)19-12-7-6-8-13-19/h5-15H,3H2,1-2,4H3/b10-5-,18-15+. The molecule has 0 heterocycles. The molecule has 0 heteroatoms. The van der Waals surface area contributed by atoms with Crippen molar-refractivity contribution in [3.63, 3.8) is 0 Å². The van der Waals surface area contributed by atoms with Gasteiger partial charge in [0.1, 0.15) is 0 Å². The van der Waals surface area contributed by atoms with Gasteiger partial charge in [-0.3, -0.25) is 0 Å². The Balaban J connectivity index is 2.40. The Hall–Kier alpha value is -2.34. The van der Waals surface area contributed by atoms with Gasteiger partial charge in [-0.25, -0.2) is 0 Å². The number of allylic oxidation sites excluding steroid dienone is 4. The van der Waals surface area contributed by atoms with Crippen molar-refractivity contribution in [2.24, 2.45) is 0 Å². The maximum Gasteiger partial charge on any atom is -0.0152 e. The molecular formula is C21H22. The monoisotopic (exact) mass is 274 g/mol. The topological polar surface area (TPSA) is 0 Å². The molecule has 106 valence electrons. The first-order valence-electron chi connectivity index (χ1n) is 7.28. The third-order valence-corrected chi connectivity index (χ3v) is 3.62. The van der Waals surface area contributed by atoms with E-state index in [0.717, 1.165) is 11.1 Å². The average molecular weight is 274 g/mol. The van der Waals surface area contributed by atoms with Gasteiger partial charge in [0.15, 0.2) is 0 Å². The Morgan fingerprint density at radius 2 is 1.71 bits per heavy atom. The highest BCUT2D eigenvalue weighted by atomic mass is 14.1. The minimum absolute atomic E-state index is 1.04. The van der Waals surface area contributed by atoms with Gasteiger partial charge in [0.2, 0.25) is 0 Å². The van der Waals surface area contributed by atoms with Crippen molar-refractivity contribution in [2.75, 3.05) is 0 Å². The zero-order valence-corrected chi connectivity index (χ0v) is 13.1. The molecule has 0 aliphatic rings. The predicted octanol–water partition coefficient (Wildman–Crippen LogP) is 6.14. The van der Waals surface area contributed by atoms with Crippen LogP contribution in [0.5, 0.6) is 0 Å². The smallest absolute Gasteiger partial charge is 0.0152 e. The number of aryl methyl sites for hydroxylation is 1. The quantitative estimate of drug-likeness (QED) is 0.587. The van der Waals surface area contributed by atoms with Crippen molar-refractivity contribution in [1.29, 1.82) is 0 Å². The second-order valence-electron chi connectivity index (χ2n) is 5.25. The lowest BCUT2D eigenvalue weighted by Gasteiger charge is -2.11. The van der Waals surface area contributed by atoms with Gasteiger partial charge >= 0.3 is 0 Å². The van der Waals surface area contributed by atoms with Gasteiger partial charge in [0.05, 0.1) is 0 Å². The molecule has 2 rings (SSSR count). The van der Waals surface area contributed by atoms with E-state index in [1.165, 1.54) is 22.3 Å². The van der Waals surface area contributed by atoms with E-state index in [1.54, 1.807) is 0 Å². The summed E-state index contributed by atoms with van der Waals surface area (Å²) in [6.45, 7) is 10.5. The molecule has 0 bridgehead atoms. The number of hydrogen-bond donors (Lipinski definition) is 0. The van der Waals surface area contributed by atoms with Crippen molar-refractivity contribution in [3.05, 3.63) is 89.5 Å². The summed E-state index contributed by atoms with van der Waals surface area (Å²) in [5.74, 6) is 0. The average Bonchev–Trinajstić information content (AvgIpc) is 2.50. The highest BCUT2D eigenvalue weighted by Crippen LogP contribution is 2.26. The van der Waals surface area contributed by atoms with E-state index < -0.39 is 0 Å². The van der Waals surface area contributed by atoms with Crippen molar-refractivity contribution in [1.82, 2.24) is 0 Å². The van der Waals surface area contributed by atoms with E-state index in [9.17, 15) is 0 Å². The summed E-state index contributed by atoms with van der Waals surface area (Å²) < 4.78 is 0. The molecule has 0 fully saturated rings. The van der Waals surface area contributed by atoms with Crippen LogP contribution in [0.15, 0.2) is 67.3 Å². The van der Waals surface area contributed by atoms with Crippen LogP contribution < -0.4 is 0 Å². The third kappa shape index (κ3) is 3.61. The molecule has 0 aliphatic heterocycles. The van der Waals surface area contributed by atoms with Gasteiger partial charge in [0.25, 0.3) is 0 Å². The highest BCUT2D eigenvalue weighted by molar-refractivity contribution is 5.84. The van der Waals surface area contributed by atoms with Crippen LogP contribution in [0.4, 0.5) is 0 Å². The third-order valence-electron chi connectivity index (χ3n) is 3.62. The summed E-state index contributed by atoms with van der Waals surface area (Å²) in [6, 6.07) is 16.7. The molecule has 0 radical (unpaired) electrons. The Bertz CT molecular complexity index is 685. The van der Waals surface area contributed by atoms with Crippen LogP contribution >= 0.6 is 0 Å². The maximum absolute atomic E-state index is 4.19. The second-order valence-corrected chi connectivity index (χ2v) is 5.25. The van der Waals surface area contributed by atoms with Crippen LogP contribution in [0, 0.1) is 6.92 Å². The molecule has 2 aromatic rings. The van der Waals surface area contributed by atoms with E-state index in [-0.39, 0.29) is 0 Å². The molecule has 0 atom stereocenters. The Morgan fingerprint density at radius 1 is 1.00 bits per heavy atom. The highest BCUT2D eigenvalue weighted by Gasteiger charge is 2.05. The van der Waals surface area contributed by atoms with E-state index in [1.807, 2.05) is 18.2 Å². The van der Waals surface area contributed by atoms with Gasteiger partial charge in [-0.05, 0) is 54.2 Å². The van der Waals surface area contributed by atoms with Crippen LogP contribution in [-0.4, -0.2) is 0 Å². The molecule has 0 saturated heterocycles. The molecule has 0 nitrogen and oxygen atoms in total. The number of benzene rings is 2. The predicted molar refractivity (Wildman–Crippen MR) is 95.0 cm³/mol. The fourth-order valence-corrected chi connectivity index (χ4v) is 2.49. The first kappa shape index (κ1) is 15.1. The summed E-state index contributed by atoms with van der Waals surface area (Å²) in [5.41, 5.74) is 7.29. The van der Waals surface area contributed by atoms with Gasteiger partial charge in [-0.15, -0.1) is 0 Å². The van der Waals surface area contributed by atoms with Crippen molar-refractivity contribution in [2.45, 2.75) is 20.8 Å². The molecule has 0 spiro atoms. The van der Waals surface area contributed by atoms with Crippen LogP contribution in [-0.2, 0) is 0 Å². The van der Waals surface area contributed by atoms with Gasteiger partial charge in [-0.2, -0.15) is 0 Å². The molecule has 0 aromatic heterocycles. The SMILES string of the molecule is C=C(/C=C(\C)c1cccc(C)c1/C=C\C)c1ccccc1. The van der Waals surface area contributed by atoms with Gasteiger partial charge in [-0.1, -0.05) is 73.3 Å². The Morgan fingerprint density at radius 3 is 2.38 bits per heavy atom. The number of hydrogen-bond acceptors (Lipinski definition) is 0. The van der Waals surface area contributed by atoms with E-state index >= 15 is 0 Å². The molecule has 0 unspecified atom stereocenters. The van der Waals surface area contributed by atoms with Crippen LogP contribution in [0.1, 0.15) is 36.1 Å². The molecule has 0 saturated carbocycles. The summed E-state index contributed by atoms with van der Waals surface area (Å²) in [5, 5.41) is 0. The van der Waals surface area contributed by atoms with Crippen LogP contribution in [0.2, 0.25) is 0 Å². The zero-order valence-electron chi connectivity index (χ0n) is 13.1. The lowest BCUT2D eigenvalue weighted by molar-refractivity contribution is 1.40. The van der Waals surface area contributed by atoms with Gasteiger partial charge in [0, 0.05) is 0 Å². The first-order chi connectivity index (χ1) is 10.1. The second kappa shape index (κ2) is 6.90. The maximum atomic E-state index is 4.19. The van der Waals surface area contributed by atoms with Crippen LogP contribution in [0.25, 0.3) is 17.2 Å². The summed E-state index contributed by atoms with van der Waals surface area (Å²) in [6.07, 6.45) is 6.43. The lowest BCUT2D eigenvalue weighted by atomic mass is 9.94. The van der Waals surface area contributed by atoms with Crippen molar-refractivity contribution >= 4 is 17.2 Å². The summed E-state index contributed by atoms with van der Waals surface area (Å²) >= 11 is 0. The zero-order chi connectivity index (χ0) is 15.2. The normalized spacial score (nSPS) is 11.9. The fourth-order valence-electron chi connectivity index (χ4n) is 2.49. The van der Waals surface area contributed by atoms with Crippen molar-refractivity contribution < 1.29 is 0 Å². The Labute approximate surface area is 128 Å². The first-order valence-corrected chi connectivity index (χ1v) is 7.28. The Kier molecular flexibility index (Phi) is 4.94. The van der Waals surface area contributed by atoms with Crippen molar-refractivity contribution in [3.8, 4) is 0 Å². The molecule has 21 heavy (non-hydrogen) atoms. The van der Waals surface area contributed by atoms with E-state index in [0.29, 0.717) is 0 Å². The summed E-state index contributed by atoms with van der Waals surface area (Å²) in [4.78, 5) is 0. The minimum atomic E-state index is 1.04. The molecule has 0 aliphatic carbocycles. The minimum Gasteiger partial charge on any atom is -0.0911 e. The number of rotatable bonds is 4.